The first-order valence-electron chi connectivity index (χ1n) is 12.6. The van der Waals surface area contributed by atoms with Crippen LogP contribution in [-0.2, 0) is 6.42 Å². The second-order valence-electron chi connectivity index (χ2n) is 9.26. The molecule has 0 fully saturated rings. The lowest BCUT2D eigenvalue weighted by Gasteiger charge is -2.12. The topological polar surface area (TPSA) is 77.2 Å². The van der Waals surface area contributed by atoms with Crippen LogP contribution in [0, 0.1) is 6.92 Å². The number of pyridine rings is 1. The van der Waals surface area contributed by atoms with E-state index in [0.717, 1.165) is 46.1 Å². The van der Waals surface area contributed by atoms with Gasteiger partial charge in [0, 0.05) is 18.1 Å². The molecular formula is C31H29NO5S. The quantitative estimate of drug-likeness (QED) is 0.210. The molecule has 0 aliphatic rings. The molecule has 0 radical (unpaired) electrons. The lowest BCUT2D eigenvalue weighted by molar-refractivity contribution is 0.0690. The van der Waals surface area contributed by atoms with E-state index in [1.54, 1.807) is 7.11 Å². The van der Waals surface area contributed by atoms with Crippen LogP contribution in [0.1, 0.15) is 46.9 Å². The zero-order chi connectivity index (χ0) is 26.8. The Bertz CT molecular complexity index is 1710. The summed E-state index contributed by atoms with van der Waals surface area (Å²) in [5.41, 5.74) is 2.94. The highest BCUT2D eigenvalue weighted by Gasteiger charge is 2.25. The van der Waals surface area contributed by atoms with Gasteiger partial charge in [0.25, 0.3) is 5.56 Å². The number of aromatic nitrogens is 1. The molecule has 7 heteroatoms. The van der Waals surface area contributed by atoms with E-state index in [1.165, 1.54) is 21.8 Å². The Labute approximate surface area is 224 Å². The number of carboxylic acid groups (broad SMARTS) is 1. The third-order valence-electron chi connectivity index (χ3n) is 6.70. The van der Waals surface area contributed by atoms with Gasteiger partial charge in [-0.25, -0.2) is 4.79 Å². The van der Waals surface area contributed by atoms with Gasteiger partial charge in [0.2, 0.25) is 0 Å². The van der Waals surface area contributed by atoms with Gasteiger partial charge in [-0.2, -0.15) is 0 Å². The molecule has 6 nitrogen and oxygen atoms in total. The first-order chi connectivity index (χ1) is 18.4. The molecule has 1 N–H and O–H groups in total. The Kier molecular flexibility index (Phi) is 7.20. The molecule has 38 heavy (non-hydrogen) atoms. The number of ether oxygens (including phenoxy) is 2. The number of aryl methyl sites for hydroxylation is 1. The van der Waals surface area contributed by atoms with E-state index in [9.17, 15) is 14.7 Å². The van der Waals surface area contributed by atoms with Crippen LogP contribution in [-0.4, -0.2) is 29.2 Å². The molecule has 5 aromatic rings. The van der Waals surface area contributed by atoms with Crippen molar-refractivity contribution < 1.29 is 19.4 Å². The molecule has 5 rings (SSSR count). The maximum atomic E-state index is 13.4. The van der Waals surface area contributed by atoms with Crippen molar-refractivity contribution in [2.24, 2.45) is 0 Å². The SMILES string of the molecule is CCCCOc1ccc(-c2sc3c(OC)c(Cc4cccc5ccccc45)cc(=O)n3c2C(=O)O)cc1C. The van der Waals surface area contributed by atoms with E-state index in [1.807, 2.05) is 49.4 Å². The molecule has 2 aromatic heterocycles. The molecular weight excluding hydrogens is 498 g/mol. The predicted octanol–water partition coefficient (Wildman–Crippen LogP) is 6.97. The standard InChI is InChI=1S/C31H29NO5S/c1-4-5-15-37-25-14-13-22(16-19(25)2)29-27(31(34)35)32-26(33)18-23(28(36-3)30(32)38-29)17-21-11-8-10-20-9-6-7-12-24(20)21/h6-14,16,18H,4-5,15,17H2,1-3H3,(H,34,35). The summed E-state index contributed by atoms with van der Waals surface area (Å²) in [7, 11) is 1.55. The maximum Gasteiger partial charge on any atom is 0.354 e. The smallest absolute Gasteiger partial charge is 0.354 e. The van der Waals surface area contributed by atoms with Gasteiger partial charge < -0.3 is 14.6 Å². The minimum atomic E-state index is -1.17. The Balaban J connectivity index is 1.65. The fourth-order valence-corrected chi connectivity index (χ4v) is 6.13. The molecule has 2 heterocycles. The molecule has 0 bridgehead atoms. The number of nitrogens with zero attached hydrogens (tertiary/aromatic N) is 1. The van der Waals surface area contributed by atoms with Crippen LogP contribution in [0.15, 0.2) is 71.5 Å². The van der Waals surface area contributed by atoms with Gasteiger partial charge in [0.05, 0.1) is 18.6 Å². The number of methoxy groups -OCH3 is 1. The van der Waals surface area contributed by atoms with Crippen LogP contribution >= 0.6 is 11.3 Å². The summed E-state index contributed by atoms with van der Waals surface area (Å²) < 4.78 is 13.0. The van der Waals surface area contributed by atoms with E-state index < -0.39 is 11.5 Å². The lowest BCUT2D eigenvalue weighted by Crippen LogP contribution is -2.19. The average molecular weight is 528 g/mol. The summed E-state index contributed by atoms with van der Waals surface area (Å²) in [6.45, 7) is 4.68. The molecule has 0 atom stereocenters. The average Bonchev–Trinajstić information content (AvgIpc) is 3.32. The van der Waals surface area contributed by atoms with Crippen LogP contribution in [0.25, 0.3) is 26.0 Å². The van der Waals surface area contributed by atoms with Crippen molar-refractivity contribution in [3.8, 4) is 21.9 Å². The number of thiazole rings is 1. The van der Waals surface area contributed by atoms with Crippen LogP contribution in [0.3, 0.4) is 0 Å². The van der Waals surface area contributed by atoms with Crippen molar-refractivity contribution in [2.75, 3.05) is 13.7 Å². The number of rotatable bonds is 9. The van der Waals surface area contributed by atoms with E-state index in [4.69, 9.17) is 9.47 Å². The Morgan fingerprint density at radius 2 is 1.82 bits per heavy atom. The summed E-state index contributed by atoms with van der Waals surface area (Å²) in [4.78, 5) is 26.8. The van der Waals surface area contributed by atoms with Gasteiger partial charge in [0.15, 0.2) is 11.4 Å². The number of hydrogen-bond donors (Lipinski definition) is 1. The first kappa shape index (κ1) is 25.5. The lowest BCUT2D eigenvalue weighted by atomic mass is 9.98. The number of aromatic carboxylic acids is 1. The molecule has 0 amide bonds. The van der Waals surface area contributed by atoms with Crippen LogP contribution in [0.5, 0.6) is 11.5 Å². The normalized spacial score (nSPS) is 11.2. The van der Waals surface area contributed by atoms with Gasteiger partial charge in [-0.1, -0.05) is 55.8 Å². The highest BCUT2D eigenvalue weighted by molar-refractivity contribution is 7.21. The molecule has 0 saturated heterocycles. The summed E-state index contributed by atoms with van der Waals surface area (Å²) in [5.74, 6) is 0.109. The van der Waals surface area contributed by atoms with E-state index in [0.29, 0.717) is 34.0 Å². The van der Waals surface area contributed by atoms with E-state index in [-0.39, 0.29) is 5.69 Å². The fourth-order valence-electron chi connectivity index (χ4n) is 4.84. The number of fused-ring (bicyclic) bond motifs is 2. The predicted molar refractivity (Wildman–Crippen MR) is 152 cm³/mol. The number of benzene rings is 3. The third-order valence-corrected chi connectivity index (χ3v) is 7.90. The van der Waals surface area contributed by atoms with Gasteiger partial charge in [-0.3, -0.25) is 9.20 Å². The second-order valence-corrected chi connectivity index (χ2v) is 10.3. The summed E-state index contributed by atoms with van der Waals surface area (Å²) in [6.07, 6.45) is 2.49. The zero-order valence-electron chi connectivity index (χ0n) is 21.6. The molecule has 0 aliphatic heterocycles. The van der Waals surface area contributed by atoms with Crippen molar-refractivity contribution in [1.82, 2.24) is 4.40 Å². The van der Waals surface area contributed by atoms with Gasteiger partial charge in [-0.05, 0) is 59.0 Å². The fraction of sp³-hybridized carbons (Fsp3) is 0.226. The summed E-state index contributed by atoms with van der Waals surface area (Å²) >= 11 is 1.25. The second kappa shape index (κ2) is 10.7. The minimum absolute atomic E-state index is 0.0657. The summed E-state index contributed by atoms with van der Waals surface area (Å²) in [6, 6.07) is 21.3. The number of hydrogen-bond acceptors (Lipinski definition) is 5. The monoisotopic (exact) mass is 527 g/mol. The Hall–Kier alpha value is -4.10. The van der Waals surface area contributed by atoms with Crippen LogP contribution in [0.2, 0.25) is 0 Å². The molecule has 0 spiro atoms. The molecule has 0 aliphatic carbocycles. The first-order valence-corrected chi connectivity index (χ1v) is 13.4. The maximum absolute atomic E-state index is 13.4. The largest absolute Gasteiger partial charge is 0.493 e. The Morgan fingerprint density at radius 1 is 1.03 bits per heavy atom. The Morgan fingerprint density at radius 3 is 2.55 bits per heavy atom. The van der Waals surface area contributed by atoms with Crippen LogP contribution in [0.4, 0.5) is 0 Å². The van der Waals surface area contributed by atoms with Crippen molar-refractivity contribution in [3.63, 3.8) is 0 Å². The highest BCUT2D eigenvalue weighted by atomic mass is 32.1. The summed E-state index contributed by atoms with van der Waals surface area (Å²) in [5, 5.41) is 12.4. The molecule has 0 saturated carbocycles. The molecule has 3 aromatic carbocycles. The van der Waals surface area contributed by atoms with Crippen molar-refractivity contribution in [2.45, 2.75) is 33.1 Å². The van der Waals surface area contributed by atoms with Gasteiger partial charge in [0.1, 0.15) is 10.6 Å². The van der Waals surface area contributed by atoms with Gasteiger partial charge >= 0.3 is 5.97 Å². The highest BCUT2D eigenvalue weighted by Crippen LogP contribution is 2.40. The van der Waals surface area contributed by atoms with E-state index in [2.05, 4.69) is 25.1 Å². The number of carbonyl (C=O) groups is 1. The zero-order valence-corrected chi connectivity index (χ0v) is 22.4. The van der Waals surface area contributed by atoms with Crippen molar-refractivity contribution in [3.05, 3.63) is 99.5 Å². The van der Waals surface area contributed by atoms with Crippen molar-refractivity contribution >= 4 is 32.9 Å². The number of unbranched alkanes of at least 4 members (excludes halogenated alkanes) is 1. The third kappa shape index (κ3) is 4.65. The molecule has 0 unspecified atom stereocenters. The van der Waals surface area contributed by atoms with Gasteiger partial charge in [-0.15, -0.1) is 11.3 Å². The molecule has 194 valence electrons. The number of carboxylic acids is 1. The van der Waals surface area contributed by atoms with Crippen LogP contribution < -0.4 is 15.0 Å². The van der Waals surface area contributed by atoms with Crippen molar-refractivity contribution in [1.29, 1.82) is 0 Å². The minimum Gasteiger partial charge on any atom is -0.493 e. The van der Waals surface area contributed by atoms with E-state index >= 15 is 0 Å².